The van der Waals surface area contributed by atoms with Crippen molar-refractivity contribution in [2.24, 2.45) is 5.41 Å². The van der Waals surface area contributed by atoms with E-state index in [1.54, 1.807) is 56.9 Å². The van der Waals surface area contributed by atoms with Crippen LogP contribution in [0.2, 0.25) is 0 Å². The van der Waals surface area contributed by atoms with Gasteiger partial charge in [0.15, 0.2) is 0 Å². The van der Waals surface area contributed by atoms with Gasteiger partial charge in [-0.25, -0.2) is 13.6 Å². The summed E-state index contributed by atoms with van der Waals surface area (Å²) >= 11 is 0. The molecule has 2 aromatic carbocycles. The number of nitrogens with zero attached hydrogens (tertiary/aromatic N) is 2. The fourth-order valence-electron chi connectivity index (χ4n) is 5.03. The smallest absolute Gasteiger partial charge is 0.410 e. The van der Waals surface area contributed by atoms with Crippen molar-refractivity contribution in [3.8, 4) is 5.75 Å². The number of halogens is 2. The highest BCUT2D eigenvalue weighted by Gasteiger charge is 2.43. The van der Waals surface area contributed by atoms with Gasteiger partial charge in [0, 0.05) is 26.1 Å². The summed E-state index contributed by atoms with van der Waals surface area (Å²) in [5, 5.41) is 6.32. The monoisotopic (exact) mass is 630 g/mol. The van der Waals surface area contributed by atoms with E-state index in [9.17, 15) is 23.2 Å². The van der Waals surface area contributed by atoms with E-state index in [0.717, 1.165) is 5.56 Å². The molecular weight excluding hydrogens is 582 g/mol. The molecule has 1 saturated heterocycles. The van der Waals surface area contributed by atoms with Crippen LogP contribution in [0, 0.1) is 17.0 Å². The topological polar surface area (TPSA) is 100 Å². The van der Waals surface area contributed by atoms with Gasteiger partial charge in [0.05, 0.1) is 6.54 Å². The van der Waals surface area contributed by atoms with Gasteiger partial charge in [-0.3, -0.25) is 14.5 Å². The van der Waals surface area contributed by atoms with Gasteiger partial charge >= 0.3 is 6.09 Å². The fourth-order valence-corrected chi connectivity index (χ4v) is 5.03. The summed E-state index contributed by atoms with van der Waals surface area (Å²) in [6.45, 7) is 13.8. The van der Waals surface area contributed by atoms with Crippen molar-refractivity contribution >= 4 is 17.9 Å². The van der Waals surface area contributed by atoms with Crippen LogP contribution in [0.4, 0.5) is 13.6 Å². The molecule has 1 heterocycles. The Morgan fingerprint density at radius 2 is 1.56 bits per heavy atom. The lowest BCUT2D eigenvalue weighted by Crippen LogP contribution is -2.59. The van der Waals surface area contributed by atoms with Crippen LogP contribution < -0.4 is 15.4 Å². The van der Waals surface area contributed by atoms with Crippen molar-refractivity contribution < 1.29 is 32.6 Å². The quantitative estimate of drug-likeness (QED) is 0.342. The minimum atomic E-state index is -0.897. The predicted molar refractivity (Wildman–Crippen MR) is 169 cm³/mol. The summed E-state index contributed by atoms with van der Waals surface area (Å²) in [5.41, 5.74) is -0.398. The third-order valence-corrected chi connectivity index (χ3v) is 7.70. The molecule has 1 fully saturated rings. The number of benzene rings is 2. The molecule has 45 heavy (non-hydrogen) atoms. The number of nitrogens with one attached hydrogen (secondary N) is 2. The molecule has 0 bridgehead atoms. The van der Waals surface area contributed by atoms with Gasteiger partial charge < -0.3 is 25.0 Å². The SMILES string of the molecule is C[C@@H](C(=O)N[C@H](C(=O)N1C[C@@H](Oc2ccc(F)cc2)C[C@H]1CNCCc1ccc(F)cc1)C(C)(C)C)N(C)C(=O)OC(C)(C)C. The lowest BCUT2D eigenvalue weighted by atomic mass is 9.85. The number of likely N-dealkylation sites (N-methyl/N-ethyl adjacent to an activating group) is 1. The Morgan fingerprint density at radius 3 is 2.11 bits per heavy atom. The van der Waals surface area contributed by atoms with Gasteiger partial charge in [-0.2, -0.15) is 0 Å². The normalized spacial score (nSPS) is 18.2. The van der Waals surface area contributed by atoms with Gasteiger partial charge in [-0.15, -0.1) is 0 Å². The number of likely N-dealkylation sites (tertiary alicyclic amines) is 1. The molecule has 4 atom stereocenters. The first kappa shape index (κ1) is 35.7. The zero-order valence-corrected chi connectivity index (χ0v) is 27.7. The second-order valence-corrected chi connectivity index (χ2v) is 13.7. The lowest BCUT2D eigenvalue weighted by molar-refractivity contribution is -0.141. The Bertz CT molecular complexity index is 1290. The molecule has 0 spiro atoms. The van der Waals surface area contributed by atoms with Crippen molar-refractivity contribution in [3.63, 3.8) is 0 Å². The van der Waals surface area contributed by atoms with E-state index in [1.165, 1.54) is 36.2 Å². The molecule has 3 rings (SSSR count). The lowest BCUT2D eigenvalue weighted by Gasteiger charge is -2.37. The number of hydrogen-bond acceptors (Lipinski definition) is 6. The summed E-state index contributed by atoms with van der Waals surface area (Å²) in [4.78, 5) is 43.1. The molecule has 11 heteroatoms. The maximum atomic E-state index is 14.2. The molecule has 0 saturated carbocycles. The maximum Gasteiger partial charge on any atom is 0.410 e. The minimum Gasteiger partial charge on any atom is -0.489 e. The van der Waals surface area contributed by atoms with Crippen molar-refractivity contribution in [2.75, 3.05) is 26.7 Å². The molecule has 0 radical (unpaired) electrons. The molecule has 248 valence electrons. The maximum absolute atomic E-state index is 14.2. The molecular formula is C34H48F2N4O5. The zero-order valence-electron chi connectivity index (χ0n) is 27.7. The van der Waals surface area contributed by atoms with Crippen LogP contribution in [0.25, 0.3) is 0 Å². The van der Waals surface area contributed by atoms with Crippen LogP contribution in [-0.4, -0.2) is 84.2 Å². The third-order valence-electron chi connectivity index (χ3n) is 7.70. The Morgan fingerprint density at radius 1 is 0.978 bits per heavy atom. The van der Waals surface area contributed by atoms with E-state index in [1.807, 2.05) is 20.8 Å². The largest absolute Gasteiger partial charge is 0.489 e. The van der Waals surface area contributed by atoms with Gasteiger partial charge in [0.2, 0.25) is 11.8 Å². The summed E-state index contributed by atoms with van der Waals surface area (Å²) in [6.07, 6.45) is 0.211. The average Bonchev–Trinajstić information content (AvgIpc) is 3.35. The van der Waals surface area contributed by atoms with E-state index in [4.69, 9.17) is 9.47 Å². The second kappa shape index (κ2) is 15.0. The number of amides is 3. The highest BCUT2D eigenvalue weighted by atomic mass is 19.1. The first-order chi connectivity index (χ1) is 20.9. The highest BCUT2D eigenvalue weighted by Crippen LogP contribution is 2.28. The van der Waals surface area contributed by atoms with Gasteiger partial charge in [0.1, 0.15) is 41.2 Å². The number of carbonyl (C=O) groups excluding carboxylic acids is 3. The van der Waals surface area contributed by atoms with Crippen LogP contribution in [0.1, 0.15) is 60.5 Å². The van der Waals surface area contributed by atoms with Crippen LogP contribution in [-0.2, 0) is 20.7 Å². The molecule has 0 unspecified atom stereocenters. The zero-order chi connectivity index (χ0) is 33.5. The van der Waals surface area contributed by atoms with E-state index >= 15 is 0 Å². The third kappa shape index (κ3) is 10.7. The molecule has 1 aliphatic rings. The van der Waals surface area contributed by atoms with Crippen molar-refractivity contribution in [2.45, 2.75) is 91.1 Å². The molecule has 1 aliphatic heterocycles. The number of ether oxygens (including phenoxy) is 2. The van der Waals surface area contributed by atoms with E-state index in [0.29, 0.717) is 31.7 Å². The van der Waals surface area contributed by atoms with Crippen LogP contribution >= 0.6 is 0 Å². The summed E-state index contributed by atoms with van der Waals surface area (Å²) in [5.74, 6) is -0.907. The van der Waals surface area contributed by atoms with E-state index < -0.39 is 35.1 Å². The second-order valence-electron chi connectivity index (χ2n) is 13.7. The first-order valence-corrected chi connectivity index (χ1v) is 15.4. The predicted octanol–water partition coefficient (Wildman–Crippen LogP) is 4.93. The molecule has 0 aromatic heterocycles. The van der Waals surface area contributed by atoms with Crippen molar-refractivity contribution in [1.82, 2.24) is 20.4 Å². The first-order valence-electron chi connectivity index (χ1n) is 15.4. The average molecular weight is 631 g/mol. The highest BCUT2D eigenvalue weighted by molar-refractivity contribution is 5.91. The molecule has 2 aromatic rings. The molecule has 0 aliphatic carbocycles. The molecule has 2 N–H and O–H groups in total. The van der Waals surface area contributed by atoms with Gasteiger partial charge in [-0.05, 0) is 88.0 Å². The number of carbonyl (C=O) groups is 3. The molecule has 3 amide bonds. The Labute approximate surface area is 265 Å². The standard InChI is InChI=1S/C34H48F2N4O5/c1-22(39(8)32(43)45-34(5,6)7)30(41)38-29(33(2,3)4)31(42)40-21-28(44-27-15-13-25(36)14-16-27)19-26(40)20-37-18-17-23-9-11-24(35)12-10-23/h9-16,22,26,28-29,37H,17-21H2,1-8H3,(H,38,41)/t22-,26-,28-,29+/m0/s1. The summed E-state index contributed by atoms with van der Waals surface area (Å²) in [7, 11) is 1.48. The number of hydrogen-bond donors (Lipinski definition) is 2. The van der Waals surface area contributed by atoms with Crippen LogP contribution in [0.5, 0.6) is 5.75 Å². The number of rotatable bonds is 11. The van der Waals surface area contributed by atoms with Gasteiger partial charge in [0.25, 0.3) is 0 Å². The summed E-state index contributed by atoms with van der Waals surface area (Å²) in [6, 6.07) is 10.0. The van der Waals surface area contributed by atoms with Crippen molar-refractivity contribution in [1.29, 1.82) is 0 Å². The minimum absolute atomic E-state index is 0.250. The van der Waals surface area contributed by atoms with Crippen LogP contribution in [0.15, 0.2) is 48.5 Å². The van der Waals surface area contributed by atoms with E-state index in [-0.39, 0.29) is 36.2 Å². The fraction of sp³-hybridized carbons (Fsp3) is 0.559. The molecule has 9 nitrogen and oxygen atoms in total. The van der Waals surface area contributed by atoms with E-state index in [2.05, 4.69) is 10.6 Å². The Balaban J connectivity index is 1.74. The Kier molecular flexibility index (Phi) is 11.9. The van der Waals surface area contributed by atoms with Crippen molar-refractivity contribution in [3.05, 3.63) is 65.7 Å². The Hall–Kier alpha value is -3.73. The summed E-state index contributed by atoms with van der Waals surface area (Å²) < 4.78 is 38.3. The van der Waals surface area contributed by atoms with Crippen LogP contribution in [0.3, 0.4) is 0 Å². The van der Waals surface area contributed by atoms with Gasteiger partial charge in [-0.1, -0.05) is 32.9 Å².